The van der Waals surface area contributed by atoms with Crippen LogP contribution in [0.15, 0.2) is 17.2 Å². The molecule has 2 aromatic heterocycles. The van der Waals surface area contributed by atoms with E-state index in [2.05, 4.69) is 15.5 Å². The molecule has 0 fully saturated rings. The zero-order valence-corrected chi connectivity index (χ0v) is 12.2. The second-order valence-corrected chi connectivity index (χ2v) is 4.81. The first-order valence-corrected chi connectivity index (χ1v) is 6.68. The molecule has 2 heterocycles. The van der Waals surface area contributed by atoms with E-state index in [1.165, 1.54) is 4.68 Å². The van der Waals surface area contributed by atoms with E-state index >= 15 is 0 Å². The van der Waals surface area contributed by atoms with Crippen molar-refractivity contribution >= 4 is 23.1 Å². The zero-order chi connectivity index (χ0) is 14.7. The predicted octanol–water partition coefficient (Wildman–Crippen LogP) is 1.23. The van der Waals surface area contributed by atoms with Crippen LogP contribution < -0.4 is 16.6 Å². The lowest BCUT2D eigenvalue weighted by Gasteiger charge is -2.09. The minimum atomic E-state index is -0.294. The first kappa shape index (κ1) is 14.4. The molecular formula is C12H17ClN6O. The largest absolute Gasteiger partial charge is 0.384 e. The molecule has 2 aromatic rings. The van der Waals surface area contributed by atoms with E-state index in [9.17, 15) is 4.79 Å². The van der Waals surface area contributed by atoms with Gasteiger partial charge in [-0.05, 0) is 6.42 Å². The average Bonchev–Trinajstić information content (AvgIpc) is 2.75. The SMILES string of the molecule is CCCn1ncc(NCc2cnn(C)c2N)c(Cl)c1=O. The fraction of sp³-hybridized carbons (Fsp3) is 0.417. The summed E-state index contributed by atoms with van der Waals surface area (Å²) in [5.74, 6) is 0.570. The number of nitrogens with two attached hydrogens (primary N) is 1. The van der Waals surface area contributed by atoms with Gasteiger partial charge in [0, 0.05) is 25.7 Å². The molecule has 0 spiro atoms. The first-order valence-electron chi connectivity index (χ1n) is 6.30. The van der Waals surface area contributed by atoms with Gasteiger partial charge >= 0.3 is 0 Å². The molecule has 0 radical (unpaired) electrons. The van der Waals surface area contributed by atoms with Gasteiger partial charge in [-0.25, -0.2) is 4.68 Å². The topological polar surface area (TPSA) is 90.8 Å². The van der Waals surface area contributed by atoms with Gasteiger partial charge in [-0.2, -0.15) is 10.2 Å². The number of nitrogen functional groups attached to an aromatic ring is 1. The van der Waals surface area contributed by atoms with Gasteiger partial charge in [-0.3, -0.25) is 9.48 Å². The highest BCUT2D eigenvalue weighted by molar-refractivity contribution is 6.32. The van der Waals surface area contributed by atoms with Crippen LogP contribution in [-0.2, 0) is 20.1 Å². The molecule has 7 nitrogen and oxygen atoms in total. The van der Waals surface area contributed by atoms with Crippen LogP contribution in [0.5, 0.6) is 0 Å². The van der Waals surface area contributed by atoms with Crippen molar-refractivity contribution in [2.75, 3.05) is 11.1 Å². The van der Waals surface area contributed by atoms with E-state index in [1.54, 1.807) is 24.1 Å². The molecule has 108 valence electrons. The number of aromatic nitrogens is 4. The molecule has 3 N–H and O–H groups in total. The fourth-order valence-corrected chi connectivity index (χ4v) is 1.99. The smallest absolute Gasteiger partial charge is 0.287 e. The van der Waals surface area contributed by atoms with Gasteiger partial charge in [0.25, 0.3) is 5.56 Å². The van der Waals surface area contributed by atoms with Crippen molar-refractivity contribution in [1.82, 2.24) is 19.6 Å². The Morgan fingerprint density at radius 1 is 1.40 bits per heavy atom. The minimum absolute atomic E-state index is 0.135. The molecule has 0 saturated heterocycles. The highest BCUT2D eigenvalue weighted by Crippen LogP contribution is 2.18. The maximum atomic E-state index is 11.9. The Labute approximate surface area is 121 Å². The number of hydrogen-bond acceptors (Lipinski definition) is 5. The number of anilines is 2. The van der Waals surface area contributed by atoms with Crippen LogP contribution in [0.1, 0.15) is 18.9 Å². The lowest BCUT2D eigenvalue weighted by atomic mass is 10.3. The molecule has 0 aliphatic carbocycles. The maximum absolute atomic E-state index is 11.9. The number of halogens is 1. The summed E-state index contributed by atoms with van der Waals surface area (Å²) in [6.07, 6.45) is 4.04. The summed E-state index contributed by atoms with van der Waals surface area (Å²) >= 11 is 6.06. The van der Waals surface area contributed by atoms with Crippen LogP contribution in [-0.4, -0.2) is 19.6 Å². The van der Waals surface area contributed by atoms with Crippen molar-refractivity contribution in [3.63, 3.8) is 0 Å². The molecule has 0 aromatic carbocycles. The minimum Gasteiger partial charge on any atom is -0.384 e. The lowest BCUT2D eigenvalue weighted by Crippen LogP contribution is -2.24. The highest BCUT2D eigenvalue weighted by atomic mass is 35.5. The molecule has 0 atom stereocenters. The summed E-state index contributed by atoms with van der Waals surface area (Å²) in [5, 5.41) is 11.3. The van der Waals surface area contributed by atoms with Crippen molar-refractivity contribution in [3.05, 3.63) is 33.3 Å². The Morgan fingerprint density at radius 2 is 2.15 bits per heavy atom. The van der Waals surface area contributed by atoms with Crippen molar-refractivity contribution in [2.45, 2.75) is 26.4 Å². The first-order chi connectivity index (χ1) is 9.54. The van der Waals surface area contributed by atoms with Gasteiger partial charge in [0.15, 0.2) is 0 Å². The van der Waals surface area contributed by atoms with Gasteiger partial charge in [0.1, 0.15) is 10.8 Å². The molecule has 0 unspecified atom stereocenters. The van der Waals surface area contributed by atoms with E-state index in [0.29, 0.717) is 24.6 Å². The molecule has 8 heteroatoms. The Kier molecular flexibility index (Phi) is 4.29. The van der Waals surface area contributed by atoms with E-state index < -0.39 is 0 Å². The van der Waals surface area contributed by atoms with E-state index in [-0.39, 0.29) is 10.6 Å². The standard InChI is InChI=1S/C12H17ClN6O/c1-3-4-19-12(20)10(13)9(7-17-19)15-5-8-6-16-18(2)11(8)14/h6-7,15H,3-5,14H2,1-2H3. The number of nitrogens with one attached hydrogen (secondary N) is 1. The van der Waals surface area contributed by atoms with Gasteiger partial charge in [-0.15, -0.1) is 0 Å². The summed E-state index contributed by atoms with van der Waals surface area (Å²) in [4.78, 5) is 11.9. The third-order valence-corrected chi connectivity index (χ3v) is 3.32. The molecule has 0 amide bonds. The monoisotopic (exact) mass is 296 g/mol. The molecule has 0 bridgehead atoms. The van der Waals surface area contributed by atoms with Gasteiger partial charge in [0.2, 0.25) is 0 Å². The summed E-state index contributed by atoms with van der Waals surface area (Å²) in [5.41, 5.74) is 6.88. The van der Waals surface area contributed by atoms with Crippen LogP contribution >= 0.6 is 11.6 Å². The van der Waals surface area contributed by atoms with Crippen LogP contribution in [0.25, 0.3) is 0 Å². The predicted molar refractivity (Wildman–Crippen MR) is 78.7 cm³/mol. The number of rotatable bonds is 5. The van der Waals surface area contributed by atoms with E-state index in [4.69, 9.17) is 17.3 Å². The zero-order valence-electron chi connectivity index (χ0n) is 11.4. The third-order valence-electron chi connectivity index (χ3n) is 2.95. The van der Waals surface area contributed by atoms with Crippen LogP contribution in [0, 0.1) is 0 Å². The third kappa shape index (κ3) is 2.77. The maximum Gasteiger partial charge on any atom is 0.287 e. The fourth-order valence-electron chi connectivity index (χ4n) is 1.78. The van der Waals surface area contributed by atoms with Crippen molar-refractivity contribution in [2.24, 2.45) is 7.05 Å². The quantitative estimate of drug-likeness (QED) is 0.866. The van der Waals surface area contributed by atoms with Crippen molar-refractivity contribution in [1.29, 1.82) is 0 Å². The van der Waals surface area contributed by atoms with Crippen molar-refractivity contribution in [3.8, 4) is 0 Å². The molecule has 0 saturated carbocycles. The van der Waals surface area contributed by atoms with Crippen LogP contribution in [0.2, 0.25) is 5.02 Å². The molecule has 0 aliphatic heterocycles. The molecule has 20 heavy (non-hydrogen) atoms. The molecule has 2 rings (SSSR count). The average molecular weight is 297 g/mol. The summed E-state index contributed by atoms with van der Waals surface area (Å²) in [6, 6.07) is 0. The summed E-state index contributed by atoms with van der Waals surface area (Å²) in [6.45, 7) is 2.95. The van der Waals surface area contributed by atoms with Gasteiger partial charge < -0.3 is 11.1 Å². The summed E-state index contributed by atoms with van der Waals surface area (Å²) < 4.78 is 2.93. The van der Waals surface area contributed by atoms with Gasteiger partial charge in [0.05, 0.1) is 18.1 Å². The Balaban J connectivity index is 2.16. The molecule has 0 aliphatic rings. The second kappa shape index (κ2) is 5.96. The number of nitrogens with zero attached hydrogens (tertiary/aromatic N) is 4. The molecular weight excluding hydrogens is 280 g/mol. The Bertz CT molecular complexity index is 662. The normalized spacial score (nSPS) is 10.8. The van der Waals surface area contributed by atoms with Gasteiger partial charge in [-0.1, -0.05) is 18.5 Å². The van der Waals surface area contributed by atoms with E-state index in [0.717, 1.165) is 12.0 Å². The van der Waals surface area contributed by atoms with Crippen LogP contribution in [0.3, 0.4) is 0 Å². The lowest BCUT2D eigenvalue weighted by molar-refractivity contribution is 0.568. The Morgan fingerprint density at radius 3 is 2.75 bits per heavy atom. The second-order valence-electron chi connectivity index (χ2n) is 4.43. The van der Waals surface area contributed by atoms with Crippen molar-refractivity contribution < 1.29 is 0 Å². The Hall–Kier alpha value is -2.02. The number of aryl methyl sites for hydroxylation is 2. The van der Waals surface area contributed by atoms with E-state index in [1.807, 2.05) is 6.92 Å². The number of hydrogen-bond donors (Lipinski definition) is 2. The highest BCUT2D eigenvalue weighted by Gasteiger charge is 2.10. The van der Waals surface area contributed by atoms with Crippen LogP contribution in [0.4, 0.5) is 11.5 Å². The summed E-state index contributed by atoms with van der Waals surface area (Å²) in [7, 11) is 1.76.